The molecule has 0 aliphatic carbocycles. The van der Waals surface area contributed by atoms with Gasteiger partial charge in [0.15, 0.2) is 0 Å². The average molecular weight is 287 g/mol. The predicted octanol–water partition coefficient (Wildman–Crippen LogP) is 1.86. The topological polar surface area (TPSA) is 64.3 Å². The average Bonchev–Trinajstić information content (AvgIpc) is 2.33. The highest BCUT2D eigenvalue weighted by Crippen LogP contribution is 2.30. The Hall–Kier alpha value is -1.26. The van der Waals surface area contributed by atoms with Crippen LogP contribution in [-0.4, -0.2) is 25.6 Å². The summed E-state index contributed by atoms with van der Waals surface area (Å²) < 4.78 is 5.70. The molecule has 0 fully saturated rings. The van der Waals surface area contributed by atoms with Gasteiger partial charge in [0.1, 0.15) is 12.4 Å². The highest BCUT2D eigenvalue weighted by molar-refractivity contribution is 5.85. The second-order valence-electron chi connectivity index (χ2n) is 5.15. The van der Waals surface area contributed by atoms with Crippen LogP contribution in [-0.2, 0) is 10.2 Å². The van der Waals surface area contributed by atoms with Crippen molar-refractivity contribution in [3.63, 3.8) is 0 Å². The summed E-state index contributed by atoms with van der Waals surface area (Å²) in [4.78, 5) is 11.0. The van der Waals surface area contributed by atoms with Crippen LogP contribution in [0, 0.1) is 0 Å². The van der Waals surface area contributed by atoms with Crippen LogP contribution in [0.3, 0.4) is 0 Å². The summed E-state index contributed by atoms with van der Waals surface area (Å²) in [5, 5.41) is 2.67. The lowest BCUT2D eigenvalue weighted by molar-refractivity contribution is -0.119. The van der Waals surface area contributed by atoms with Gasteiger partial charge in [-0.15, -0.1) is 12.4 Å². The molecule has 1 rings (SSSR count). The molecule has 108 valence electrons. The first-order chi connectivity index (χ1) is 8.45. The molecule has 1 aromatic carbocycles. The third-order valence-corrected chi connectivity index (χ3v) is 2.56. The number of nitrogens with two attached hydrogens (primary N) is 1. The molecule has 0 unspecified atom stereocenters. The Morgan fingerprint density at radius 2 is 1.95 bits per heavy atom. The maximum atomic E-state index is 11.0. The van der Waals surface area contributed by atoms with E-state index in [1.54, 1.807) is 0 Å². The molecule has 0 spiro atoms. The van der Waals surface area contributed by atoms with Gasteiger partial charge in [0.05, 0.1) is 13.1 Å². The van der Waals surface area contributed by atoms with Gasteiger partial charge in [0, 0.05) is 0 Å². The van der Waals surface area contributed by atoms with Gasteiger partial charge in [0.2, 0.25) is 5.91 Å². The Morgan fingerprint density at radius 3 is 2.53 bits per heavy atom. The third kappa shape index (κ3) is 5.94. The maximum Gasteiger partial charge on any atom is 0.233 e. The van der Waals surface area contributed by atoms with Crippen LogP contribution >= 0.6 is 12.4 Å². The van der Waals surface area contributed by atoms with E-state index in [2.05, 4.69) is 32.2 Å². The van der Waals surface area contributed by atoms with Crippen LogP contribution in [0.4, 0.5) is 0 Å². The second kappa shape index (κ2) is 8.02. The highest BCUT2D eigenvalue weighted by Gasteiger charge is 2.18. The quantitative estimate of drug-likeness (QED) is 0.812. The molecular formula is C14H23ClN2O2. The van der Waals surface area contributed by atoms with Gasteiger partial charge >= 0.3 is 0 Å². The molecular weight excluding hydrogens is 264 g/mol. The number of amides is 1. The van der Waals surface area contributed by atoms with Crippen LogP contribution < -0.4 is 15.8 Å². The first-order valence-corrected chi connectivity index (χ1v) is 6.14. The Kier molecular flexibility index (Phi) is 7.49. The lowest BCUT2D eigenvalue weighted by atomic mass is 9.86. The molecule has 3 N–H and O–H groups in total. The molecule has 0 aliphatic heterocycles. The summed E-state index contributed by atoms with van der Waals surface area (Å²) in [7, 11) is 0. The van der Waals surface area contributed by atoms with E-state index >= 15 is 0 Å². The molecule has 0 aromatic heterocycles. The highest BCUT2D eigenvalue weighted by atomic mass is 35.5. The van der Waals surface area contributed by atoms with Crippen molar-refractivity contribution in [2.24, 2.45) is 5.73 Å². The maximum absolute atomic E-state index is 11.0. The fourth-order valence-corrected chi connectivity index (χ4v) is 1.64. The van der Waals surface area contributed by atoms with Crippen LogP contribution in [0.2, 0.25) is 0 Å². The zero-order chi connectivity index (χ0) is 13.6. The van der Waals surface area contributed by atoms with E-state index in [1.165, 1.54) is 0 Å². The summed E-state index contributed by atoms with van der Waals surface area (Å²) in [6.45, 7) is 7.36. The molecule has 0 radical (unpaired) electrons. The molecule has 1 aromatic rings. The number of carbonyl (C=O) groups excluding carboxylic acids is 1. The van der Waals surface area contributed by atoms with Crippen molar-refractivity contribution in [2.45, 2.75) is 26.2 Å². The van der Waals surface area contributed by atoms with Crippen molar-refractivity contribution < 1.29 is 9.53 Å². The minimum absolute atomic E-state index is 0. The predicted molar refractivity (Wildman–Crippen MR) is 79.9 cm³/mol. The molecule has 0 saturated heterocycles. The number of nitrogens with one attached hydrogen (secondary N) is 1. The fourth-order valence-electron chi connectivity index (χ4n) is 1.64. The van der Waals surface area contributed by atoms with Gasteiger partial charge in [0.25, 0.3) is 0 Å². The van der Waals surface area contributed by atoms with Crippen LogP contribution in [0.1, 0.15) is 26.3 Å². The smallest absolute Gasteiger partial charge is 0.233 e. The van der Waals surface area contributed by atoms with Crippen molar-refractivity contribution >= 4 is 18.3 Å². The van der Waals surface area contributed by atoms with Gasteiger partial charge in [-0.25, -0.2) is 0 Å². The Morgan fingerprint density at radius 1 is 1.32 bits per heavy atom. The van der Waals surface area contributed by atoms with E-state index < -0.39 is 0 Å². The zero-order valence-electron chi connectivity index (χ0n) is 11.7. The molecule has 1 amide bonds. The minimum atomic E-state index is -0.164. The van der Waals surface area contributed by atoms with E-state index in [1.807, 2.05) is 18.2 Å². The van der Waals surface area contributed by atoms with Gasteiger partial charge in [-0.05, 0) is 17.0 Å². The van der Waals surface area contributed by atoms with Crippen molar-refractivity contribution in [3.8, 4) is 5.75 Å². The van der Waals surface area contributed by atoms with Crippen molar-refractivity contribution in [3.05, 3.63) is 29.8 Å². The molecule has 4 nitrogen and oxygen atoms in total. The number of hydrogen-bond donors (Lipinski definition) is 2. The third-order valence-electron chi connectivity index (χ3n) is 2.56. The first kappa shape index (κ1) is 17.7. The van der Waals surface area contributed by atoms with Crippen molar-refractivity contribution in [1.29, 1.82) is 0 Å². The number of benzene rings is 1. The zero-order valence-corrected chi connectivity index (χ0v) is 12.5. The molecule has 19 heavy (non-hydrogen) atoms. The van der Waals surface area contributed by atoms with E-state index in [4.69, 9.17) is 10.5 Å². The number of carbonyl (C=O) groups is 1. The standard InChI is InChI=1S/C14H22N2O2.ClH/c1-14(2,3)11-6-4-5-7-12(11)18-9-8-16-13(17)10-15;/h4-7H,8-10,15H2,1-3H3,(H,16,17);1H. The number of halogens is 1. The molecule has 0 bridgehead atoms. The van der Waals surface area contributed by atoms with E-state index in [9.17, 15) is 4.79 Å². The Bertz CT molecular complexity index is 403. The summed E-state index contributed by atoms with van der Waals surface area (Å²) in [6.07, 6.45) is 0. The SMILES string of the molecule is CC(C)(C)c1ccccc1OCCNC(=O)CN.Cl. The van der Waals surface area contributed by atoms with E-state index in [0.29, 0.717) is 13.2 Å². The number of rotatable bonds is 5. The van der Waals surface area contributed by atoms with Crippen molar-refractivity contribution in [1.82, 2.24) is 5.32 Å². The molecule has 0 atom stereocenters. The van der Waals surface area contributed by atoms with Gasteiger partial charge in [-0.2, -0.15) is 0 Å². The summed E-state index contributed by atoms with van der Waals surface area (Å²) >= 11 is 0. The largest absolute Gasteiger partial charge is 0.491 e. The van der Waals surface area contributed by atoms with Crippen LogP contribution in [0.25, 0.3) is 0 Å². The monoisotopic (exact) mass is 286 g/mol. The lowest BCUT2D eigenvalue weighted by Gasteiger charge is -2.22. The second-order valence-corrected chi connectivity index (χ2v) is 5.15. The normalized spacial score (nSPS) is 10.5. The van der Waals surface area contributed by atoms with E-state index in [-0.39, 0.29) is 30.3 Å². The van der Waals surface area contributed by atoms with E-state index in [0.717, 1.165) is 11.3 Å². The first-order valence-electron chi connectivity index (χ1n) is 6.14. The minimum Gasteiger partial charge on any atom is -0.491 e. The number of para-hydroxylation sites is 1. The molecule has 0 aliphatic rings. The summed E-state index contributed by atoms with van der Waals surface area (Å²) in [5.41, 5.74) is 6.39. The number of ether oxygens (including phenoxy) is 1. The van der Waals surface area contributed by atoms with Crippen LogP contribution in [0.15, 0.2) is 24.3 Å². The molecule has 0 heterocycles. The lowest BCUT2D eigenvalue weighted by Crippen LogP contribution is -2.33. The van der Waals surface area contributed by atoms with Gasteiger partial charge in [-0.3, -0.25) is 4.79 Å². The molecule has 5 heteroatoms. The fraction of sp³-hybridized carbons (Fsp3) is 0.500. The Balaban J connectivity index is 0.00000324. The van der Waals surface area contributed by atoms with Gasteiger partial charge < -0.3 is 15.8 Å². The number of hydrogen-bond acceptors (Lipinski definition) is 3. The summed E-state index contributed by atoms with van der Waals surface area (Å²) in [5.74, 6) is 0.703. The van der Waals surface area contributed by atoms with Crippen LogP contribution in [0.5, 0.6) is 5.75 Å². The van der Waals surface area contributed by atoms with Crippen molar-refractivity contribution in [2.75, 3.05) is 19.7 Å². The molecule has 0 saturated carbocycles. The van der Waals surface area contributed by atoms with Gasteiger partial charge in [-0.1, -0.05) is 39.0 Å². The summed E-state index contributed by atoms with van der Waals surface area (Å²) in [6, 6.07) is 7.96. The Labute approximate surface area is 121 Å².